The van der Waals surface area contributed by atoms with Gasteiger partial charge in [0, 0.05) is 5.92 Å². The van der Waals surface area contributed by atoms with E-state index in [1.807, 2.05) is 0 Å². The fourth-order valence-corrected chi connectivity index (χ4v) is 3.03. The molecule has 0 heteroatoms. The van der Waals surface area contributed by atoms with Crippen LogP contribution in [0.3, 0.4) is 0 Å². The molecule has 0 saturated carbocycles. The van der Waals surface area contributed by atoms with E-state index in [2.05, 4.69) is 39.8 Å². The van der Waals surface area contributed by atoms with Crippen LogP contribution in [-0.4, -0.2) is 0 Å². The summed E-state index contributed by atoms with van der Waals surface area (Å²) >= 11 is 0. The van der Waals surface area contributed by atoms with Crippen LogP contribution in [-0.2, 0) is 0 Å². The van der Waals surface area contributed by atoms with Crippen molar-refractivity contribution in [2.75, 3.05) is 0 Å². The molecule has 1 aliphatic carbocycles. The third-order valence-electron chi connectivity index (χ3n) is 3.85. The molecule has 0 aromatic heterocycles. The smallest absolute Gasteiger partial charge is 0.000148 e. The molecule has 0 bridgehead atoms. The molecule has 0 N–H and O–H groups in total. The van der Waals surface area contributed by atoms with Crippen molar-refractivity contribution in [1.82, 2.24) is 0 Å². The van der Waals surface area contributed by atoms with E-state index >= 15 is 0 Å². The highest BCUT2D eigenvalue weighted by Gasteiger charge is 2.18. The van der Waals surface area contributed by atoms with Crippen molar-refractivity contribution in [2.45, 2.75) is 66.2 Å². The lowest BCUT2D eigenvalue weighted by atomic mass is 9.89. The normalized spacial score (nSPS) is 27.5. The van der Waals surface area contributed by atoms with E-state index in [4.69, 9.17) is 0 Å². The fourth-order valence-electron chi connectivity index (χ4n) is 3.03. The fraction of sp³-hybridized carbons (Fsp3) is 0.750. The Morgan fingerprint density at radius 3 is 2.75 bits per heavy atom. The van der Waals surface area contributed by atoms with Crippen LogP contribution < -0.4 is 0 Å². The predicted octanol–water partition coefficient (Wildman–Crippen LogP) is 5.51. The quantitative estimate of drug-likeness (QED) is 0.548. The SMILES string of the molecule is CCC=C(C)C1CCCC(CCC)C=C1C. The molecule has 0 saturated heterocycles. The average molecular weight is 220 g/mol. The minimum absolute atomic E-state index is 0.738. The van der Waals surface area contributed by atoms with Crippen molar-refractivity contribution in [3.05, 3.63) is 23.3 Å². The second kappa shape index (κ2) is 6.93. The highest BCUT2D eigenvalue weighted by Crippen LogP contribution is 2.33. The molecule has 92 valence electrons. The molecule has 16 heavy (non-hydrogen) atoms. The van der Waals surface area contributed by atoms with Crippen molar-refractivity contribution in [1.29, 1.82) is 0 Å². The average Bonchev–Trinajstić information content (AvgIpc) is 2.41. The van der Waals surface area contributed by atoms with E-state index in [0.29, 0.717) is 0 Å². The van der Waals surface area contributed by atoms with E-state index in [-0.39, 0.29) is 0 Å². The van der Waals surface area contributed by atoms with Gasteiger partial charge in [0.1, 0.15) is 0 Å². The van der Waals surface area contributed by atoms with Gasteiger partial charge in [-0.05, 0) is 45.4 Å². The summed E-state index contributed by atoms with van der Waals surface area (Å²) in [6.07, 6.45) is 13.0. The highest BCUT2D eigenvalue weighted by molar-refractivity contribution is 5.20. The molecule has 0 aromatic rings. The molecule has 0 amide bonds. The van der Waals surface area contributed by atoms with Crippen molar-refractivity contribution in [3.63, 3.8) is 0 Å². The lowest BCUT2D eigenvalue weighted by Crippen LogP contribution is -2.02. The Labute approximate surface area is 102 Å². The lowest BCUT2D eigenvalue weighted by Gasteiger charge is -2.17. The number of hydrogen-bond acceptors (Lipinski definition) is 0. The topological polar surface area (TPSA) is 0 Å². The third-order valence-corrected chi connectivity index (χ3v) is 3.85. The van der Waals surface area contributed by atoms with E-state index < -0.39 is 0 Å². The van der Waals surface area contributed by atoms with Crippen LogP contribution in [0.1, 0.15) is 66.2 Å². The predicted molar refractivity (Wildman–Crippen MR) is 73.5 cm³/mol. The van der Waals surface area contributed by atoms with Gasteiger partial charge in [-0.3, -0.25) is 0 Å². The summed E-state index contributed by atoms with van der Waals surface area (Å²) in [6, 6.07) is 0. The van der Waals surface area contributed by atoms with Crippen LogP contribution in [0.25, 0.3) is 0 Å². The van der Waals surface area contributed by atoms with Gasteiger partial charge in [-0.25, -0.2) is 0 Å². The van der Waals surface area contributed by atoms with Crippen molar-refractivity contribution < 1.29 is 0 Å². The second-order valence-electron chi connectivity index (χ2n) is 5.30. The maximum absolute atomic E-state index is 2.56. The van der Waals surface area contributed by atoms with Crippen LogP contribution in [0.5, 0.6) is 0 Å². The van der Waals surface area contributed by atoms with Crippen LogP contribution in [0.2, 0.25) is 0 Å². The molecule has 0 nitrogen and oxygen atoms in total. The molecule has 1 rings (SSSR count). The van der Waals surface area contributed by atoms with Gasteiger partial charge >= 0.3 is 0 Å². The Hall–Kier alpha value is -0.520. The van der Waals surface area contributed by atoms with Gasteiger partial charge in [0.05, 0.1) is 0 Å². The highest BCUT2D eigenvalue weighted by atomic mass is 14.2. The summed E-state index contributed by atoms with van der Waals surface area (Å²) in [7, 11) is 0. The minimum Gasteiger partial charge on any atom is -0.0853 e. The lowest BCUT2D eigenvalue weighted by molar-refractivity contribution is 0.505. The van der Waals surface area contributed by atoms with Crippen LogP contribution in [0.15, 0.2) is 23.3 Å². The number of hydrogen-bond donors (Lipinski definition) is 0. The molecule has 0 aliphatic heterocycles. The molecule has 2 unspecified atom stereocenters. The molecule has 0 heterocycles. The molecule has 0 aromatic carbocycles. The van der Waals surface area contributed by atoms with Gasteiger partial charge in [-0.2, -0.15) is 0 Å². The number of rotatable bonds is 4. The van der Waals surface area contributed by atoms with E-state index in [0.717, 1.165) is 11.8 Å². The first kappa shape index (κ1) is 13.5. The van der Waals surface area contributed by atoms with Gasteiger partial charge in [-0.1, -0.05) is 50.0 Å². The zero-order valence-electron chi connectivity index (χ0n) is 11.6. The Morgan fingerprint density at radius 2 is 2.12 bits per heavy atom. The standard InChI is InChI=1S/C16H28/c1-5-8-13(3)16-11-7-10-15(9-6-2)12-14(16)4/h8,12,15-16H,5-7,9-11H2,1-4H3. The largest absolute Gasteiger partial charge is 0.0853 e. The first-order valence-electron chi connectivity index (χ1n) is 7.04. The Balaban J connectivity index is 2.73. The van der Waals surface area contributed by atoms with Crippen LogP contribution in [0.4, 0.5) is 0 Å². The molecule has 0 spiro atoms. The van der Waals surface area contributed by atoms with Crippen molar-refractivity contribution >= 4 is 0 Å². The van der Waals surface area contributed by atoms with Crippen molar-refractivity contribution in [2.24, 2.45) is 11.8 Å². The van der Waals surface area contributed by atoms with Gasteiger partial charge < -0.3 is 0 Å². The number of allylic oxidation sites excluding steroid dienone is 4. The first-order valence-corrected chi connectivity index (χ1v) is 7.04. The van der Waals surface area contributed by atoms with Crippen LogP contribution >= 0.6 is 0 Å². The summed E-state index contributed by atoms with van der Waals surface area (Å²) in [5.74, 6) is 1.59. The summed E-state index contributed by atoms with van der Waals surface area (Å²) in [4.78, 5) is 0. The first-order chi connectivity index (χ1) is 7.69. The zero-order valence-corrected chi connectivity index (χ0v) is 11.6. The Bertz CT molecular complexity index is 257. The monoisotopic (exact) mass is 220 g/mol. The molecular formula is C16H28. The molecule has 0 radical (unpaired) electrons. The summed E-state index contributed by atoms with van der Waals surface area (Å²) in [5, 5.41) is 0. The Morgan fingerprint density at radius 1 is 1.38 bits per heavy atom. The summed E-state index contributed by atoms with van der Waals surface area (Å²) in [5.41, 5.74) is 3.21. The Kier molecular flexibility index (Phi) is 5.87. The molecule has 2 atom stereocenters. The second-order valence-corrected chi connectivity index (χ2v) is 5.30. The van der Waals surface area contributed by atoms with E-state index in [1.165, 1.54) is 38.5 Å². The summed E-state index contributed by atoms with van der Waals surface area (Å²) < 4.78 is 0. The molecule has 1 aliphatic rings. The zero-order chi connectivity index (χ0) is 12.0. The van der Waals surface area contributed by atoms with E-state index in [1.54, 1.807) is 11.1 Å². The van der Waals surface area contributed by atoms with Crippen molar-refractivity contribution in [3.8, 4) is 0 Å². The maximum Gasteiger partial charge on any atom is 0.000148 e. The third kappa shape index (κ3) is 3.81. The van der Waals surface area contributed by atoms with Gasteiger partial charge in [0.15, 0.2) is 0 Å². The maximum atomic E-state index is 2.56. The van der Waals surface area contributed by atoms with E-state index in [9.17, 15) is 0 Å². The van der Waals surface area contributed by atoms with Gasteiger partial charge in [-0.15, -0.1) is 0 Å². The minimum atomic E-state index is 0.738. The summed E-state index contributed by atoms with van der Waals surface area (Å²) in [6.45, 7) is 9.18. The molecule has 0 fully saturated rings. The molecular weight excluding hydrogens is 192 g/mol. The van der Waals surface area contributed by atoms with Gasteiger partial charge in [0.25, 0.3) is 0 Å². The van der Waals surface area contributed by atoms with Crippen LogP contribution in [0, 0.1) is 11.8 Å². The van der Waals surface area contributed by atoms with Gasteiger partial charge in [0.2, 0.25) is 0 Å².